The molecule has 0 aliphatic heterocycles. The highest BCUT2D eigenvalue weighted by Crippen LogP contribution is 2.21. The molecule has 0 saturated carbocycles. The summed E-state index contributed by atoms with van der Waals surface area (Å²) >= 11 is 0. The van der Waals surface area contributed by atoms with Crippen LogP contribution in [-0.2, 0) is 0 Å². The molecular weight excluding hydrogens is 184 g/mol. The Morgan fingerprint density at radius 1 is 1.00 bits per heavy atom. The third-order valence-electron chi connectivity index (χ3n) is 2.77. The molecule has 0 atom stereocenters. The molecule has 1 nitrogen and oxygen atoms in total. The molecule has 1 aromatic carbocycles. The fourth-order valence-electron chi connectivity index (χ4n) is 1.84. The molecule has 0 radical (unpaired) electrons. The molecule has 0 spiro atoms. The summed E-state index contributed by atoms with van der Waals surface area (Å²) in [7, 11) is 0. The second-order valence-corrected chi connectivity index (χ2v) is 4.18. The van der Waals surface area contributed by atoms with Gasteiger partial charge in [0.2, 0.25) is 0 Å². The van der Waals surface area contributed by atoms with E-state index in [-0.39, 0.29) is 0 Å². The minimum Gasteiger partial charge on any atom is -0.462 e. The first-order valence-electron chi connectivity index (χ1n) is 5.78. The highest BCUT2D eigenvalue weighted by molar-refractivity contribution is 5.27. The van der Waals surface area contributed by atoms with Crippen molar-refractivity contribution in [2.45, 2.75) is 39.0 Å². The average Bonchev–Trinajstić information content (AvgIpc) is 2.50. The summed E-state index contributed by atoms with van der Waals surface area (Å²) in [6, 6.07) is 8.27. The molecule has 0 aromatic heterocycles. The summed E-state index contributed by atoms with van der Waals surface area (Å²) in [6.45, 7) is 2.09. The summed E-state index contributed by atoms with van der Waals surface area (Å²) in [5, 5.41) is 0. The van der Waals surface area contributed by atoms with Gasteiger partial charge in [0, 0.05) is 6.42 Å². The molecule has 0 saturated heterocycles. The largest absolute Gasteiger partial charge is 0.462 e. The van der Waals surface area contributed by atoms with Crippen LogP contribution in [0, 0.1) is 6.92 Å². The summed E-state index contributed by atoms with van der Waals surface area (Å²) in [5.41, 5.74) is 1.28. The van der Waals surface area contributed by atoms with Crippen molar-refractivity contribution >= 4 is 0 Å². The predicted octanol–water partition coefficient (Wildman–Crippen LogP) is 4.22. The van der Waals surface area contributed by atoms with Gasteiger partial charge in [0.15, 0.2) is 0 Å². The van der Waals surface area contributed by atoms with Crippen LogP contribution in [0.3, 0.4) is 0 Å². The number of rotatable bonds is 2. The lowest BCUT2D eigenvalue weighted by molar-refractivity contribution is 0.400. The minimum absolute atomic E-state index is 0.966. The van der Waals surface area contributed by atoms with E-state index >= 15 is 0 Å². The molecule has 1 heteroatoms. The van der Waals surface area contributed by atoms with E-state index in [0.29, 0.717) is 0 Å². The lowest BCUT2D eigenvalue weighted by Crippen LogP contribution is -1.94. The molecule has 0 bridgehead atoms. The van der Waals surface area contributed by atoms with Crippen molar-refractivity contribution in [3.05, 3.63) is 41.7 Å². The van der Waals surface area contributed by atoms with E-state index in [9.17, 15) is 0 Å². The lowest BCUT2D eigenvalue weighted by Gasteiger charge is -2.08. The summed E-state index contributed by atoms with van der Waals surface area (Å²) in [6.07, 6.45) is 8.40. The van der Waals surface area contributed by atoms with Gasteiger partial charge in [-0.1, -0.05) is 24.1 Å². The fraction of sp³-hybridized carbons (Fsp3) is 0.429. The molecule has 1 aromatic rings. The molecule has 0 unspecified atom stereocenters. The highest BCUT2D eigenvalue weighted by atomic mass is 16.5. The Morgan fingerprint density at radius 3 is 2.60 bits per heavy atom. The lowest BCUT2D eigenvalue weighted by atomic mass is 10.2. The van der Waals surface area contributed by atoms with Crippen molar-refractivity contribution in [1.82, 2.24) is 0 Å². The molecule has 2 rings (SSSR count). The summed E-state index contributed by atoms with van der Waals surface area (Å²) in [5.74, 6) is 2.12. The summed E-state index contributed by atoms with van der Waals surface area (Å²) < 4.78 is 5.85. The van der Waals surface area contributed by atoms with Crippen molar-refractivity contribution in [3.63, 3.8) is 0 Å². The first kappa shape index (κ1) is 10.3. The molecule has 0 fully saturated rings. The Labute approximate surface area is 91.8 Å². The van der Waals surface area contributed by atoms with Crippen LogP contribution in [0.25, 0.3) is 0 Å². The first-order valence-corrected chi connectivity index (χ1v) is 5.78. The second kappa shape index (κ2) is 5.01. The van der Waals surface area contributed by atoms with Crippen molar-refractivity contribution < 1.29 is 4.74 Å². The van der Waals surface area contributed by atoms with Gasteiger partial charge < -0.3 is 4.74 Å². The average molecular weight is 202 g/mol. The van der Waals surface area contributed by atoms with Crippen LogP contribution in [0.15, 0.2) is 36.1 Å². The standard InChI is InChI=1S/C14H18O/c1-12-8-10-14(11-9-12)15-13-6-4-2-3-5-7-13/h6,8-11H,2-5,7H2,1H3. The molecule has 0 amide bonds. The topological polar surface area (TPSA) is 9.23 Å². The normalized spacial score (nSPS) is 16.7. The molecule has 80 valence electrons. The van der Waals surface area contributed by atoms with Crippen LogP contribution >= 0.6 is 0 Å². The number of aryl methyl sites for hydroxylation is 1. The van der Waals surface area contributed by atoms with Crippen molar-refractivity contribution in [1.29, 1.82) is 0 Å². The smallest absolute Gasteiger partial charge is 0.126 e. The van der Waals surface area contributed by atoms with Crippen LogP contribution in [0.5, 0.6) is 5.75 Å². The number of hydrogen-bond donors (Lipinski definition) is 0. The molecular formula is C14H18O. The fourth-order valence-corrected chi connectivity index (χ4v) is 1.84. The number of hydrogen-bond acceptors (Lipinski definition) is 1. The highest BCUT2D eigenvalue weighted by Gasteiger charge is 2.04. The maximum absolute atomic E-state index is 5.85. The SMILES string of the molecule is Cc1ccc(OC2=CCCCCC2)cc1. The Balaban J connectivity index is 2.01. The molecule has 0 heterocycles. The Hall–Kier alpha value is -1.24. The zero-order valence-corrected chi connectivity index (χ0v) is 9.33. The zero-order chi connectivity index (χ0) is 10.5. The Kier molecular flexibility index (Phi) is 3.44. The third-order valence-corrected chi connectivity index (χ3v) is 2.77. The van der Waals surface area contributed by atoms with Gasteiger partial charge in [-0.05, 0) is 44.4 Å². The zero-order valence-electron chi connectivity index (χ0n) is 9.33. The van der Waals surface area contributed by atoms with Gasteiger partial charge in [-0.15, -0.1) is 0 Å². The Bertz CT molecular complexity index is 335. The van der Waals surface area contributed by atoms with Crippen molar-refractivity contribution in [3.8, 4) is 5.75 Å². The van der Waals surface area contributed by atoms with Gasteiger partial charge in [0.05, 0.1) is 0 Å². The van der Waals surface area contributed by atoms with Crippen LogP contribution in [-0.4, -0.2) is 0 Å². The maximum Gasteiger partial charge on any atom is 0.126 e. The van der Waals surface area contributed by atoms with E-state index < -0.39 is 0 Å². The second-order valence-electron chi connectivity index (χ2n) is 4.18. The monoisotopic (exact) mass is 202 g/mol. The van der Waals surface area contributed by atoms with E-state index in [0.717, 1.165) is 17.9 Å². The molecule has 0 N–H and O–H groups in total. The minimum atomic E-state index is 0.966. The van der Waals surface area contributed by atoms with Crippen LogP contribution in [0.1, 0.15) is 37.7 Å². The summed E-state index contributed by atoms with van der Waals surface area (Å²) in [4.78, 5) is 0. The van der Waals surface area contributed by atoms with Crippen molar-refractivity contribution in [2.75, 3.05) is 0 Å². The van der Waals surface area contributed by atoms with Gasteiger partial charge in [0.1, 0.15) is 11.5 Å². The van der Waals surface area contributed by atoms with Gasteiger partial charge in [-0.25, -0.2) is 0 Å². The Morgan fingerprint density at radius 2 is 1.80 bits per heavy atom. The predicted molar refractivity (Wildman–Crippen MR) is 63.0 cm³/mol. The van der Waals surface area contributed by atoms with E-state index in [4.69, 9.17) is 4.74 Å². The van der Waals surface area contributed by atoms with Crippen LogP contribution < -0.4 is 4.74 Å². The van der Waals surface area contributed by atoms with Crippen LogP contribution in [0.4, 0.5) is 0 Å². The van der Waals surface area contributed by atoms with E-state index in [1.54, 1.807) is 0 Å². The number of ether oxygens (including phenoxy) is 1. The molecule has 1 aliphatic carbocycles. The van der Waals surface area contributed by atoms with E-state index in [1.807, 2.05) is 12.1 Å². The molecule has 15 heavy (non-hydrogen) atoms. The number of benzene rings is 1. The first-order chi connectivity index (χ1) is 7.34. The maximum atomic E-state index is 5.85. The van der Waals surface area contributed by atoms with E-state index in [1.165, 1.54) is 31.2 Å². The van der Waals surface area contributed by atoms with Gasteiger partial charge >= 0.3 is 0 Å². The quantitative estimate of drug-likeness (QED) is 0.697. The van der Waals surface area contributed by atoms with Crippen LogP contribution in [0.2, 0.25) is 0 Å². The van der Waals surface area contributed by atoms with E-state index in [2.05, 4.69) is 25.1 Å². The van der Waals surface area contributed by atoms with Gasteiger partial charge in [0.25, 0.3) is 0 Å². The van der Waals surface area contributed by atoms with Gasteiger partial charge in [-0.3, -0.25) is 0 Å². The number of allylic oxidation sites excluding steroid dienone is 2. The van der Waals surface area contributed by atoms with Gasteiger partial charge in [-0.2, -0.15) is 0 Å². The molecule has 1 aliphatic rings. The third kappa shape index (κ3) is 3.12. The van der Waals surface area contributed by atoms with Crippen molar-refractivity contribution in [2.24, 2.45) is 0 Å².